The second-order valence-electron chi connectivity index (χ2n) is 4.39. The highest BCUT2D eigenvalue weighted by Gasteiger charge is 2.13. The molecule has 2 N–H and O–H groups in total. The van der Waals surface area contributed by atoms with E-state index in [1.165, 1.54) is 0 Å². The van der Waals surface area contributed by atoms with Crippen LogP contribution in [0.25, 0.3) is 16.7 Å². The van der Waals surface area contributed by atoms with Crippen molar-refractivity contribution in [2.24, 2.45) is 0 Å². The molecule has 0 aromatic heterocycles. The minimum absolute atomic E-state index is 0.325. The van der Waals surface area contributed by atoms with Crippen LogP contribution in [-0.2, 0) is 4.89 Å². The third kappa shape index (κ3) is 3.26. The van der Waals surface area contributed by atoms with Crippen LogP contribution in [0.15, 0.2) is 55.1 Å². The summed E-state index contributed by atoms with van der Waals surface area (Å²) >= 11 is 5.86. The van der Waals surface area contributed by atoms with Crippen molar-refractivity contribution in [3.8, 4) is 11.1 Å². The van der Waals surface area contributed by atoms with E-state index in [1.54, 1.807) is 0 Å². The minimum atomic E-state index is -0.809. The molecule has 0 aliphatic heterocycles. The van der Waals surface area contributed by atoms with Crippen LogP contribution in [0.2, 0.25) is 5.02 Å². The topological polar surface area (TPSA) is 49.7 Å². The molecule has 0 radical (unpaired) electrons. The van der Waals surface area contributed by atoms with E-state index in [-0.39, 0.29) is 6.61 Å². The molecule has 0 fully saturated rings. The van der Waals surface area contributed by atoms with Crippen LogP contribution in [-0.4, -0.2) is 23.1 Å². The predicted molar refractivity (Wildman–Crippen MR) is 80.5 cm³/mol. The van der Waals surface area contributed by atoms with Gasteiger partial charge in [-0.2, -0.15) is 0 Å². The Balaban J connectivity index is 2.22. The van der Waals surface area contributed by atoms with Crippen molar-refractivity contribution in [3.63, 3.8) is 0 Å². The van der Waals surface area contributed by atoms with Gasteiger partial charge in [0.1, 0.15) is 6.10 Å². The predicted octanol–water partition coefficient (Wildman–Crippen LogP) is 3.87. The van der Waals surface area contributed by atoms with Gasteiger partial charge >= 0.3 is 0 Å². The Morgan fingerprint density at radius 3 is 2.00 bits per heavy atom. The van der Waals surface area contributed by atoms with Gasteiger partial charge < -0.3 is 5.11 Å². The molecule has 20 heavy (non-hydrogen) atoms. The van der Waals surface area contributed by atoms with Crippen molar-refractivity contribution in [3.05, 3.63) is 65.7 Å². The van der Waals surface area contributed by atoms with Gasteiger partial charge in [-0.25, -0.2) is 4.89 Å². The summed E-state index contributed by atoms with van der Waals surface area (Å²) in [5.41, 5.74) is 3.43. The van der Waals surface area contributed by atoms with Gasteiger partial charge in [0.05, 0.1) is 6.61 Å². The van der Waals surface area contributed by atoms with E-state index in [0.717, 1.165) is 16.7 Å². The van der Waals surface area contributed by atoms with E-state index in [9.17, 15) is 0 Å². The summed E-state index contributed by atoms with van der Waals surface area (Å²) in [6, 6.07) is 15.2. The lowest BCUT2D eigenvalue weighted by Crippen LogP contribution is -2.17. The molecule has 0 aliphatic rings. The fourth-order valence-corrected chi connectivity index (χ4v) is 2.04. The lowest BCUT2D eigenvalue weighted by atomic mass is 9.99. The molecule has 0 spiro atoms. The summed E-state index contributed by atoms with van der Waals surface area (Å²) in [6.07, 6.45) is -0.809. The average molecular weight is 291 g/mol. The molecule has 4 heteroatoms. The van der Waals surface area contributed by atoms with Gasteiger partial charge in [-0.3, -0.25) is 5.26 Å². The first-order valence-corrected chi connectivity index (χ1v) is 6.49. The highest BCUT2D eigenvalue weighted by molar-refractivity contribution is 6.30. The van der Waals surface area contributed by atoms with Gasteiger partial charge in [-0.15, -0.1) is 0 Å². The van der Waals surface area contributed by atoms with E-state index in [2.05, 4.69) is 11.5 Å². The van der Waals surface area contributed by atoms with Crippen molar-refractivity contribution < 1.29 is 15.3 Å². The number of hydrogen-bond donors (Lipinski definition) is 2. The highest BCUT2D eigenvalue weighted by atomic mass is 35.5. The van der Waals surface area contributed by atoms with Crippen molar-refractivity contribution in [1.29, 1.82) is 0 Å². The van der Waals surface area contributed by atoms with Crippen LogP contribution < -0.4 is 0 Å². The van der Waals surface area contributed by atoms with Crippen LogP contribution in [0.1, 0.15) is 5.56 Å². The van der Waals surface area contributed by atoms with Gasteiger partial charge in [-0.1, -0.05) is 54.6 Å². The molecule has 1 unspecified atom stereocenters. The molecule has 0 saturated carbocycles. The number of aliphatic hydroxyl groups is 1. The van der Waals surface area contributed by atoms with E-state index in [1.807, 2.05) is 48.5 Å². The monoisotopic (exact) mass is 290 g/mol. The lowest BCUT2D eigenvalue weighted by molar-refractivity contribution is -0.268. The van der Waals surface area contributed by atoms with E-state index in [4.69, 9.17) is 22.0 Å². The molecular formula is C16H15ClO3. The fourth-order valence-electron chi connectivity index (χ4n) is 1.91. The zero-order valence-corrected chi connectivity index (χ0v) is 11.5. The van der Waals surface area contributed by atoms with Gasteiger partial charge in [0.2, 0.25) is 0 Å². The maximum Gasteiger partial charge on any atom is 0.141 e. The van der Waals surface area contributed by atoms with Crippen LogP contribution in [0.3, 0.4) is 0 Å². The molecule has 0 bridgehead atoms. The van der Waals surface area contributed by atoms with Crippen LogP contribution in [0.4, 0.5) is 0 Å². The molecule has 104 valence electrons. The summed E-state index contributed by atoms with van der Waals surface area (Å²) in [7, 11) is 0. The maximum absolute atomic E-state index is 9.06. The second-order valence-corrected chi connectivity index (χ2v) is 4.82. The Morgan fingerprint density at radius 1 is 1.05 bits per heavy atom. The lowest BCUT2D eigenvalue weighted by Gasteiger charge is -2.14. The first kappa shape index (κ1) is 14.8. The minimum Gasteiger partial charge on any atom is -0.393 e. The van der Waals surface area contributed by atoms with Crippen molar-refractivity contribution >= 4 is 17.2 Å². The van der Waals surface area contributed by atoms with E-state index < -0.39 is 6.10 Å². The summed E-state index contributed by atoms with van der Waals surface area (Å²) in [5, 5.41) is 18.4. The largest absolute Gasteiger partial charge is 0.393 e. The van der Waals surface area contributed by atoms with Crippen molar-refractivity contribution in [1.82, 2.24) is 0 Å². The average Bonchev–Trinajstić information content (AvgIpc) is 2.49. The first-order chi connectivity index (χ1) is 9.65. The summed E-state index contributed by atoms with van der Waals surface area (Å²) in [4.78, 5) is 4.18. The Labute approximate surface area is 122 Å². The Hall–Kier alpha value is -1.65. The zero-order valence-electron chi connectivity index (χ0n) is 10.8. The van der Waals surface area contributed by atoms with E-state index >= 15 is 0 Å². The molecule has 2 aromatic rings. The Morgan fingerprint density at radius 2 is 1.55 bits per heavy atom. The fraction of sp³-hybridized carbons (Fsp3) is 0.125. The number of benzene rings is 2. The maximum atomic E-state index is 9.06. The standard InChI is InChI=1S/C16H15ClO3/c1-11(16(10-18)20-19)12-2-4-13(5-3-12)14-6-8-15(17)9-7-14/h2-9,16,18-19H,1,10H2. The van der Waals surface area contributed by atoms with Gasteiger partial charge in [0, 0.05) is 5.02 Å². The molecule has 2 rings (SSSR count). The molecule has 0 saturated heterocycles. The van der Waals surface area contributed by atoms with Gasteiger partial charge in [0.15, 0.2) is 0 Å². The molecule has 0 aliphatic carbocycles. The number of rotatable bonds is 5. The van der Waals surface area contributed by atoms with Crippen LogP contribution in [0, 0.1) is 0 Å². The second kappa shape index (κ2) is 6.68. The number of aliphatic hydroxyl groups excluding tert-OH is 1. The summed E-state index contributed by atoms with van der Waals surface area (Å²) in [6.45, 7) is 3.49. The van der Waals surface area contributed by atoms with Crippen molar-refractivity contribution in [2.75, 3.05) is 6.61 Å². The molecule has 0 heterocycles. The smallest absolute Gasteiger partial charge is 0.141 e. The van der Waals surface area contributed by atoms with Crippen LogP contribution in [0.5, 0.6) is 0 Å². The third-order valence-corrected chi connectivity index (χ3v) is 3.37. The normalized spacial score (nSPS) is 12.2. The van der Waals surface area contributed by atoms with Gasteiger partial charge in [-0.05, 0) is 34.4 Å². The Kier molecular flexibility index (Phi) is 4.93. The molecule has 2 aromatic carbocycles. The number of hydrogen-bond acceptors (Lipinski definition) is 3. The summed E-state index contributed by atoms with van der Waals surface area (Å²) in [5.74, 6) is 0. The summed E-state index contributed by atoms with van der Waals surface area (Å²) < 4.78 is 0. The molecule has 1 atom stereocenters. The Bertz CT molecular complexity index is 572. The van der Waals surface area contributed by atoms with Crippen molar-refractivity contribution in [2.45, 2.75) is 6.10 Å². The first-order valence-electron chi connectivity index (χ1n) is 6.12. The van der Waals surface area contributed by atoms with Gasteiger partial charge in [0.25, 0.3) is 0 Å². The van der Waals surface area contributed by atoms with Crippen LogP contribution >= 0.6 is 11.6 Å². The quantitative estimate of drug-likeness (QED) is 0.649. The molecular weight excluding hydrogens is 276 g/mol. The van der Waals surface area contributed by atoms with E-state index in [0.29, 0.717) is 10.6 Å². The SMILES string of the molecule is C=C(c1ccc(-c2ccc(Cl)cc2)cc1)C(CO)OO. The number of halogens is 1. The third-order valence-electron chi connectivity index (χ3n) is 3.11. The molecule has 0 amide bonds. The highest BCUT2D eigenvalue weighted by Crippen LogP contribution is 2.25. The zero-order chi connectivity index (χ0) is 14.5. The molecule has 3 nitrogen and oxygen atoms in total.